The molecule has 0 aromatic heterocycles. The van der Waals surface area contributed by atoms with Gasteiger partial charge in [-0.3, -0.25) is 4.79 Å². The molecule has 4 unspecified atom stereocenters. The van der Waals surface area contributed by atoms with Gasteiger partial charge in [0.2, 0.25) is 5.91 Å². The molecule has 1 aliphatic heterocycles. The van der Waals surface area contributed by atoms with E-state index in [-0.39, 0.29) is 17.7 Å². The van der Waals surface area contributed by atoms with Gasteiger partial charge in [-0.15, -0.1) is 0 Å². The molecule has 1 saturated heterocycles. The molecule has 1 N–H and O–H groups in total. The largest absolute Gasteiger partial charge is 0.480 e. The maximum absolute atomic E-state index is 12.8. The van der Waals surface area contributed by atoms with Crippen molar-refractivity contribution in [1.82, 2.24) is 4.90 Å². The van der Waals surface area contributed by atoms with Crippen LogP contribution in [-0.4, -0.2) is 34.5 Å². The van der Waals surface area contributed by atoms with Crippen LogP contribution in [0, 0.1) is 23.7 Å². The van der Waals surface area contributed by atoms with E-state index < -0.39 is 12.0 Å². The molecule has 4 heteroatoms. The van der Waals surface area contributed by atoms with Crippen molar-refractivity contribution in [1.29, 1.82) is 0 Å². The smallest absolute Gasteiger partial charge is 0.326 e. The number of amides is 1. The van der Waals surface area contributed by atoms with Crippen molar-refractivity contribution in [2.75, 3.05) is 6.54 Å². The first-order valence-electron chi connectivity index (χ1n) is 9.11. The number of likely N-dealkylation sites (tertiary alicyclic amines) is 1. The molecular weight excluding hydrogens is 278 g/mol. The minimum Gasteiger partial charge on any atom is -0.480 e. The van der Waals surface area contributed by atoms with Crippen LogP contribution >= 0.6 is 0 Å². The van der Waals surface area contributed by atoms with Gasteiger partial charge in [0.05, 0.1) is 0 Å². The third-order valence-electron chi connectivity index (χ3n) is 6.26. The molecule has 4 nitrogen and oxygen atoms in total. The van der Waals surface area contributed by atoms with E-state index in [0.717, 1.165) is 25.7 Å². The molecule has 22 heavy (non-hydrogen) atoms. The van der Waals surface area contributed by atoms with Gasteiger partial charge in [-0.1, -0.05) is 45.4 Å². The first-order chi connectivity index (χ1) is 10.6. The zero-order valence-electron chi connectivity index (χ0n) is 13.7. The van der Waals surface area contributed by atoms with E-state index in [1.54, 1.807) is 4.90 Å². The summed E-state index contributed by atoms with van der Waals surface area (Å²) in [5.41, 5.74) is 0. The average Bonchev–Trinajstić information content (AvgIpc) is 3.07. The van der Waals surface area contributed by atoms with E-state index in [4.69, 9.17) is 0 Å². The van der Waals surface area contributed by atoms with E-state index >= 15 is 0 Å². The molecule has 0 radical (unpaired) electrons. The lowest BCUT2D eigenvalue weighted by atomic mass is 9.83. The predicted octanol–water partition coefficient (Wildman–Crippen LogP) is 3.30. The Hall–Kier alpha value is -1.06. The van der Waals surface area contributed by atoms with Crippen LogP contribution in [0.25, 0.3) is 0 Å². The lowest BCUT2D eigenvalue weighted by Crippen LogP contribution is -2.45. The number of aliphatic carboxylic acids is 1. The highest BCUT2D eigenvalue weighted by Crippen LogP contribution is 2.43. The van der Waals surface area contributed by atoms with Crippen molar-refractivity contribution in [2.24, 2.45) is 23.7 Å². The third kappa shape index (κ3) is 3.02. The van der Waals surface area contributed by atoms with Gasteiger partial charge in [0.25, 0.3) is 0 Å². The van der Waals surface area contributed by atoms with Crippen molar-refractivity contribution in [3.05, 3.63) is 0 Å². The van der Waals surface area contributed by atoms with Crippen molar-refractivity contribution in [3.63, 3.8) is 0 Å². The highest BCUT2D eigenvalue weighted by molar-refractivity contribution is 5.86. The molecule has 0 spiro atoms. The first-order valence-corrected chi connectivity index (χ1v) is 9.11. The summed E-state index contributed by atoms with van der Waals surface area (Å²) in [4.78, 5) is 26.2. The Bertz CT molecular complexity index is 430. The SMILES string of the molecule is CC(CC1CCCCC1)C(=O)N1CC2CCCC2C1C(=O)O. The van der Waals surface area contributed by atoms with Crippen LogP contribution in [0.1, 0.15) is 64.7 Å². The van der Waals surface area contributed by atoms with Gasteiger partial charge >= 0.3 is 5.97 Å². The Balaban J connectivity index is 1.63. The number of carboxylic acids is 1. The summed E-state index contributed by atoms with van der Waals surface area (Å²) in [7, 11) is 0. The number of nitrogens with zero attached hydrogens (tertiary/aromatic N) is 1. The van der Waals surface area contributed by atoms with E-state index in [2.05, 4.69) is 0 Å². The van der Waals surface area contributed by atoms with E-state index in [1.807, 2.05) is 6.92 Å². The number of carbonyl (C=O) groups excluding carboxylic acids is 1. The monoisotopic (exact) mass is 307 g/mol. The zero-order chi connectivity index (χ0) is 15.7. The van der Waals surface area contributed by atoms with Crippen LogP contribution in [-0.2, 0) is 9.59 Å². The molecule has 1 heterocycles. The van der Waals surface area contributed by atoms with E-state index in [0.29, 0.717) is 18.4 Å². The molecule has 124 valence electrons. The molecule has 0 aromatic carbocycles. The fourth-order valence-corrected chi connectivity index (χ4v) is 5.16. The van der Waals surface area contributed by atoms with Crippen LogP contribution in [0.5, 0.6) is 0 Å². The van der Waals surface area contributed by atoms with Crippen LogP contribution < -0.4 is 0 Å². The van der Waals surface area contributed by atoms with Crippen molar-refractivity contribution < 1.29 is 14.7 Å². The summed E-state index contributed by atoms with van der Waals surface area (Å²) in [6.45, 7) is 2.68. The van der Waals surface area contributed by atoms with Gasteiger partial charge in [0.1, 0.15) is 6.04 Å². The topological polar surface area (TPSA) is 57.6 Å². The van der Waals surface area contributed by atoms with Crippen molar-refractivity contribution in [2.45, 2.75) is 70.8 Å². The van der Waals surface area contributed by atoms with Crippen molar-refractivity contribution in [3.8, 4) is 0 Å². The second-order valence-corrected chi connectivity index (χ2v) is 7.77. The third-order valence-corrected chi connectivity index (χ3v) is 6.26. The molecule has 0 aromatic rings. The highest BCUT2D eigenvalue weighted by atomic mass is 16.4. The predicted molar refractivity (Wildman–Crippen MR) is 84.3 cm³/mol. The second-order valence-electron chi connectivity index (χ2n) is 7.77. The number of hydrogen-bond donors (Lipinski definition) is 1. The van der Waals surface area contributed by atoms with Gasteiger partial charge in [-0.2, -0.15) is 0 Å². The maximum Gasteiger partial charge on any atom is 0.326 e. The number of rotatable bonds is 4. The summed E-state index contributed by atoms with van der Waals surface area (Å²) in [6, 6.07) is -0.561. The summed E-state index contributed by atoms with van der Waals surface area (Å²) < 4.78 is 0. The van der Waals surface area contributed by atoms with Crippen LogP contribution in [0.4, 0.5) is 0 Å². The van der Waals surface area contributed by atoms with Gasteiger partial charge in [-0.05, 0) is 37.0 Å². The Kier molecular flexibility index (Phi) is 4.74. The zero-order valence-corrected chi connectivity index (χ0v) is 13.7. The van der Waals surface area contributed by atoms with Crippen molar-refractivity contribution >= 4 is 11.9 Å². The quantitative estimate of drug-likeness (QED) is 0.867. The molecular formula is C18H29NO3. The Morgan fingerprint density at radius 2 is 1.82 bits per heavy atom. The average molecular weight is 307 g/mol. The van der Waals surface area contributed by atoms with Gasteiger partial charge in [0.15, 0.2) is 0 Å². The van der Waals surface area contributed by atoms with Crippen LogP contribution in [0.15, 0.2) is 0 Å². The summed E-state index contributed by atoms with van der Waals surface area (Å²) >= 11 is 0. The number of hydrogen-bond acceptors (Lipinski definition) is 2. The molecule has 2 aliphatic carbocycles. The van der Waals surface area contributed by atoms with Crippen LogP contribution in [0.3, 0.4) is 0 Å². The molecule has 3 rings (SSSR count). The van der Waals surface area contributed by atoms with E-state index in [1.165, 1.54) is 32.1 Å². The van der Waals surface area contributed by atoms with E-state index in [9.17, 15) is 14.7 Å². The Morgan fingerprint density at radius 3 is 2.50 bits per heavy atom. The minimum absolute atomic E-state index is 0.0243. The molecule has 2 saturated carbocycles. The Morgan fingerprint density at radius 1 is 1.09 bits per heavy atom. The molecule has 4 atom stereocenters. The summed E-state index contributed by atoms with van der Waals surface area (Å²) in [5, 5.41) is 9.59. The highest BCUT2D eigenvalue weighted by Gasteiger charge is 2.50. The number of fused-ring (bicyclic) bond motifs is 1. The van der Waals surface area contributed by atoms with Gasteiger partial charge in [-0.25, -0.2) is 4.79 Å². The first kappa shape index (κ1) is 15.8. The molecule has 3 fully saturated rings. The van der Waals surface area contributed by atoms with Gasteiger partial charge in [0, 0.05) is 12.5 Å². The fraction of sp³-hybridized carbons (Fsp3) is 0.889. The summed E-state index contributed by atoms with van der Waals surface area (Å²) in [6.07, 6.45) is 10.5. The molecule has 0 bridgehead atoms. The van der Waals surface area contributed by atoms with Gasteiger partial charge < -0.3 is 10.0 Å². The lowest BCUT2D eigenvalue weighted by molar-refractivity contribution is -0.151. The maximum atomic E-state index is 12.8. The molecule has 1 amide bonds. The second kappa shape index (κ2) is 6.59. The minimum atomic E-state index is -0.799. The number of carboxylic acid groups (broad SMARTS) is 1. The number of carbonyl (C=O) groups is 2. The normalized spacial score (nSPS) is 33.7. The Labute approximate surface area is 133 Å². The molecule has 3 aliphatic rings. The summed E-state index contributed by atoms with van der Waals surface area (Å²) in [5.74, 6) is 0.553. The van der Waals surface area contributed by atoms with Crippen LogP contribution in [0.2, 0.25) is 0 Å². The fourth-order valence-electron chi connectivity index (χ4n) is 5.16. The standard InChI is InChI=1S/C18H29NO3/c1-12(10-13-6-3-2-4-7-13)17(20)19-11-14-8-5-9-15(14)16(19)18(21)22/h12-16H,2-11H2,1H3,(H,21,22). The lowest BCUT2D eigenvalue weighted by Gasteiger charge is -2.30.